The second-order valence-electron chi connectivity index (χ2n) is 2.91. The summed E-state index contributed by atoms with van der Waals surface area (Å²) in [6, 6.07) is 1.43. The predicted octanol–water partition coefficient (Wildman–Crippen LogP) is 2.69. The number of ether oxygens (including phenoxy) is 2. The minimum Gasteiger partial charge on any atom is -0.466 e. The molecule has 0 radical (unpaired) electrons. The number of benzene rings is 1. The molecule has 1 aromatic rings. The summed E-state index contributed by atoms with van der Waals surface area (Å²) < 4.78 is 23.5. The number of aldehydes is 1. The summed E-state index contributed by atoms with van der Waals surface area (Å²) in [5.41, 5.74) is 0.673. The van der Waals surface area contributed by atoms with Gasteiger partial charge < -0.3 is 9.47 Å². The normalized spacial score (nSPS) is 10.1. The van der Waals surface area contributed by atoms with Gasteiger partial charge in [-0.25, -0.2) is 4.39 Å². The van der Waals surface area contributed by atoms with Crippen LogP contribution in [0.5, 0.6) is 5.75 Å². The molecule has 1 rings (SSSR count). The maximum absolute atomic E-state index is 13.5. The molecule has 0 saturated heterocycles. The Labute approximate surface area is 95.3 Å². The number of hydrogen-bond acceptors (Lipinski definition) is 3. The molecule has 0 aromatic heterocycles. The van der Waals surface area contributed by atoms with Gasteiger partial charge in [-0.1, -0.05) is 0 Å². The molecule has 0 unspecified atom stereocenters. The van der Waals surface area contributed by atoms with Crippen molar-refractivity contribution in [2.24, 2.45) is 0 Å². The number of methoxy groups -OCH3 is 1. The molecule has 0 heterocycles. The third-order valence-electron chi connectivity index (χ3n) is 1.82. The highest BCUT2D eigenvalue weighted by Crippen LogP contribution is 2.33. The first-order valence-electron chi connectivity index (χ1n) is 4.17. The molecule has 0 bridgehead atoms. The van der Waals surface area contributed by atoms with Crippen molar-refractivity contribution < 1.29 is 18.7 Å². The summed E-state index contributed by atoms with van der Waals surface area (Å²) >= 11 is 3.04. The zero-order chi connectivity index (χ0) is 11.4. The fourth-order valence-electron chi connectivity index (χ4n) is 1.14. The lowest BCUT2D eigenvalue weighted by Gasteiger charge is -2.11. The van der Waals surface area contributed by atoms with Gasteiger partial charge in [0.25, 0.3) is 0 Å². The Hall–Kier alpha value is -0.940. The van der Waals surface area contributed by atoms with E-state index in [-0.39, 0.29) is 16.8 Å². The van der Waals surface area contributed by atoms with Crippen LogP contribution in [0.4, 0.5) is 4.39 Å². The molecule has 0 spiro atoms. The van der Waals surface area contributed by atoms with Crippen molar-refractivity contribution in [2.45, 2.75) is 6.92 Å². The lowest BCUT2D eigenvalue weighted by atomic mass is 10.1. The van der Waals surface area contributed by atoms with Crippen LogP contribution >= 0.6 is 15.9 Å². The van der Waals surface area contributed by atoms with Gasteiger partial charge in [-0.2, -0.15) is 0 Å². The summed E-state index contributed by atoms with van der Waals surface area (Å²) in [5, 5.41) is 0. The van der Waals surface area contributed by atoms with Crippen LogP contribution in [0.15, 0.2) is 10.5 Å². The van der Waals surface area contributed by atoms with Crippen LogP contribution in [0.1, 0.15) is 15.9 Å². The first kappa shape index (κ1) is 12.1. The number of rotatable bonds is 4. The Morgan fingerprint density at radius 1 is 1.60 bits per heavy atom. The van der Waals surface area contributed by atoms with Gasteiger partial charge in [0.15, 0.2) is 18.9 Å². The van der Waals surface area contributed by atoms with Crippen molar-refractivity contribution >= 4 is 22.2 Å². The van der Waals surface area contributed by atoms with Crippen LogP contribution in [0.3, 0.4) is 0 Å². The Bertz CT molecular complexity index is 379. The topological polar surface area (TPSA) is 35.5 Å². The van der Waals surface area contributed by atoms with Crippen LogP contribution in [0.25, 0.3) is 0 Å². The van der Waals surface area contributed by atoms with Gasteiger partial charge in [0.1, 0.15) is 5.75 Å². The van der Waals surface area contributed by atoms with E-state index in [0.717, 1.165) is 0 Å². The van der Waals surface area contributed by atoms with Crippen LogP contribution in [0.2, 0.25) is 0 Å². The van der Waals surface area contributed by atoms with E-state index in [0.29, 0.717) is 17.6 Å². The lowest BCUT2D eigenvalue weighted by Crippen LogP contribution is -2.03. The zero-order valence-corrected chi connectivity index (χ0v) is 9.93. The van der Waals surface area contributed by atoms with Gasteiger partial charge in [-0.3, -0.25) is 4.79 Å². The van der Waals surface area contributed by atoms with Gasteiger partial charge in [0.05, 0.1) is 10.0 Å². The number of hydrogen-bond donors (Lipinski definition) is 0. The monoisotopic (exact) mass is 276 g/mol. The molecule has 0 N–H and O–H groups in total. The predicted molar refractivity (Wildman–Crippen MR) is 56.7 cm³/mol. The Morgan fingerprint density at radius 2 is 2.27 bits per heavy atom. The van der Waals surface area contributed by atoms with Gasteiger partial charge >= 0.3 is 0 Å². The summed E-state index contributed by atoms with van der Waals surface area (Å²) in [6.07, 6.45) is 0.465. The van der Waals surface area contributed by atoms with Crippen LogP contribution in [-0.4, -0.2) is 20.2 Å². The van der Waals surface area contributed by atoms with E-state index >= 15 is 0 Å². The molecule has 15 heavy (non-hydrogen) atoms. The lowest BCUT2D eigenvalue weighted by molar-refractivity contribution is 0.0498. The van der Waals surface area contributed by atoms with Crippen molar-refractivity contribution in [1.29, 1.82) is 0 Å². The molecular formula is C10H10BrFO3. The maximum Gasteiger partial charge on any atom is 0.188 e. The van der Waals surface area contributed by atoms with Crippen LogP contribution in [-0.2, 0) is 4.74 Å². The standard InChI is InChI=1S/C10H10BrFO3/c1-6-3-7(4-13)9(12)8(11)10(6)15-5-14-2/h3-4H,5H2,1-2H3. The van der Waals surface area contributed by atoms with E-state index in [2.05, 4.69) is 15.9 Å². The number of carbonyl (C=O) groups excluding carboxylic acids is 1. The van der Waals surface area contributed by atoms with Crippen LogP contribution in [0, 0.1) is 12.7 Å². The van der Waals surface area contributed by atoms with Gasteiger partial charge in [0.2, 0.25) is 0 Å². The van der Waals surface area contributed by atoms with E-state index in [1.54, 1.807) is 6.92 Å². The highest BCUT2D eigenvalue weighted by Gasteiger charge is 2.15. The second-order valence-corrected chi connectivity index (χ2v) is 3.70. The fourth-order valence-corrected chi connectivity index (χ4v) is 1.80. The molecule has 1 aromatic carbocycles. The first-order chi connectivity index (χ1) is 7.11. The zero-order valence-electron chi connectivity index (χ0n) is 8.34. The molecule has 3 nitrogen and oxygen atoms in total. The molecule has 0 amide bonds. The minimum absolute atomic E-state index is 0.00384. The molecular weight excluding hydrogens is 267 g/mol. The molecule has 0 aliphatic rings. The molecule has 82 valence electrons. The number of aryl methyl sites for hydroxylation is 1. The average Bonchev–Trinajstić information content (AvgIpc) is 2.23. The summed E-state index contributed by atoms with van der Waals surface area (Å²) in [7, 11) is 1.47. The highest BCUT2D eigenvalue weighted by atomic mass is 79.9. The van der Waals surface area contributed by atoms with E-state index in [1.165, 1.54) is 13.2 Å². The van der Waals surface area contributed by atoms with Crippen molar-refractivity contribution in [3.8, 4) is 5.75 Å². The summed E-state index contributed by atoms with van der Waals surface area (Å²) in [4.78, 5) is 10.5. The number of carbonyl (C=O) groups is 1. The van der Waals surface area contributed by atoms with Gasteiger partial charge in [0, 0.05) is 7.11 Å². The third kappa shape index (κ3) is 2.54. The SMILES string of the molecule is COCOc1c(C)cc(C=O)c(F)c1Br. The fraction of sp³-hybridized carbons (Fsp3) is 0.300. The highest BCUT2D eigenvalue weighted by molar-refractivity contribution is 9.10. The Kier molecular flexibility index (Phi) is 4.23. The molecule has 0 saturated carbocycles. The molecule has 0 atom stereocenters. The van der Waals surface area contributed by atoms with E-state index in [1.807, 2.05) is 0 Å². The van der Waals surface area contributed by atoms with E-state index < -0.39 is 5.82 Å². The Balaban J connectivity index is 3.17. The van der Waals surface area contributed by atoms with Gasteiger partial charge in [-0.05, 0) is 34.5 Å². The van der Waals surface area contributed by atoms with Crippen molar-refractivity contribution in [3.05, 3.63) is 27.5 Å². The molecule has 0 aliphatic carbocycles. The van der Waals surface area contributed by atoms with Crippen molar-refractivity contribution in [3.63, 3.8) is 0 Å². The maximum atomic E-state index is 13.5. The van der Waals surface area contributed by atoms with Crippen molar-refractivity contribution in [1.82, 2.24) is 0 Å². The first-order valence-corrected chi connectivity index (χ1v) is 4.96. The quantitative estimate of drug-likeness (QED) is 0.627. The van der Waals surface area contributed by atoms with Crippen molar-refractivity contribution in [2.75, 3.05) is 13.9 Å². The van der Waals surface area contributed by atoms with E-state index in [9.17, 15) is 9.18 Å². The largest absolute Gasteiger partial charge is 0.466 e. The summed E-state index contributed by atoms with van der Waals surface area (Å²) in [5.74, 6) is -0.276. The molecule has 0 aliphatic heterocycles. The van der Waals surface area contributed by atoms with Crippen LogP contribution < -0.4 is 4.74 Å². The molecule has 5 heteroatoms. The minimum atomic E-state index is -0.623. The molecule has 0 fully saturated rings. The van der Waals surface area contributed by atoms with E-state index in [4.69, 9.17) is 9.47 Å². The number of halogens is 2. The third-order valence-corrected chi connectivity index (χ3v) is 2.53. The summed E-state index contributed by atoms with van der Waals surface area (Å²) in [6.45, 7) is 1.75. The smallest absolute Gasteiger partial charge is 0.188 e. The van der Waals surface area contributed by atoms with Gasteiger partial charge in [-0.15, -0.1) is 0 Å². The second kappa shape index (κ2) is 5.23. The average molecular weight is 277 g/mol. The Morgan fingerprint density at radius 3 is 2.80 bits per heavy atom.